The predicted octanol–water partition coefficient (Wildman–Crippen LogP) is 2.28. The van der Waals surface area contributed by atoms with Gasteiger partial charge in [0.15, 0.2) is 5.78 Å². The van der Waals surface area contributed by atoms with E-state index >= 15 is 0 Å². The van der Waals surface area contributed by atoms with Crippen molar-refractivity contribution in [3.63, 3.8) is 0 Å². The van der Waals surface area contributed by atoms with Gasteiger partial charge in [0.1, 0.15) is 9.84 Å². The van der Waals surface area contributed by atoms with Crippen molar-refractivity contribution in [2.24, 2.45) is 0 Å². The Kier molecular flexibility index (Phi) is 7.82. The number of rotatable bonds is 10. The normalized spacial score (nSPS) is 15.5. The molecule has 114 valence electrons. The first kappa shape index (κ1) is 18.6. The first-order chi connectivity index (χ1) is 8.77. The van der Waals surface area contributed by atoms with Crippen molar-refractivity contribution in [1.29, 1.82) is 0 Å². The maximum Gasteiger partial charge on any atom is 0.152 e. The average Bonchev–Trinajstić information content (AvgIpc) is 2.39. The summed E-state index contributed by atoms with van der Waals surface area (Å²) in [5.41, 5.74) is -0.459. The van der Waals surface area contributed by atoms with Crippen LogP contribution in [0.5, 0.6) is 0 Å². The third kappa shape index (κ3) is 5.22. The van der Waals surface area contributed by atoms with Gasteiger partial charge in [0, 0.05) is 12.2 Å². The second-order valence-corrected chi connectivity index (χ2v) is 7.54. The zero-order valence-electron chi connectivity index (χ0n) is 13.0. The highest BCUT2D eigenvalue weighted by Gasteiger charge is 2.35. The highest BCUT2D eigenvalue weighted by molar-refractivity contribution is 7.91. The van der Waals surface area contributed by atoms with Crippen LogP contribution in [0.4, 0.5) is 0 Å². The minimum Gasteiger partial charge on any atom is -0.298 e. The third-order valence-corrected chi connectivity index (χ3v) is 5.84. The van der Waals surface area contributed by atoms with E-state index in [-0.39, 0.29) is 17.3 Å². The first-order valence-corrected chi connectivity index (χ1v) is 9.08. The van der Waals surface area contributed by atoms with Gasteiger partial charge in [0.05, 0.1) is 11.3 Å². The number of hydrogen-bond acceptors (Lipinski definition) is 4. The van der Waals surface area contributed by atoms with E-state index in [9.17, 15) is 13.2 Å². The summed E-state index contributed by atoms with van der Waals surface area (Å²) in [6, 6.07) is 0. The van der Waals surface area contributed by atoms with Crippen molar-refractivity contribution in [3.05, 3.63) is 0 Å². The molecular weight excluding hydrogens is 262 g/mol. The molecule has 0 aromatic heterocycles. The lowest BCUT2D eigenvalue weighted by atomic mass is 9.88. The fourth-order valence-corrected chi connectivity index (χ4v) is 3.26. The van der Waals surface area contributed by atoms with Crippen LogP contribution >= 0.6 is 0 Å². The van der Waals surface area contributed by atoms with Gasteiger partial charge in [0.25, 0.3) is 0 Å². The molecule has 0 N–H and O–H groups in total. The van der Waals surface area contributed by atoms with E-state index in [4.69, 9.17) is 0 Å². The van der Waals surface area contributed by atoms with Crippen LogP contribution in [0.1, 0.15) is 53.9 Å². The number of ketones is 1. The average molecular weight is 291 g/mol. The first-order valence-electron chi connectivity index (χ1n) is 7.26. The molecule has 0 aliphatic carbocycles. The maximum atomic E-state index is 12.4. The fourth-order valence-electron chi connectivity index (χ4n) is 2.38. The van der Waals surface area contributed by atoms with Gasteiger partial charge < -0.3 is 0 Å². The lowest BCUT2D eigenvalue weighted by molar-refractivity contribution is -0.130. The van der Waals surface area contributed by atoms with Crippen molar-refractivity contribution in [2.45, 2.75) is 59.4 Å². The Morgan fingerprint density at radius 1 is 1.11 bits per heavy atom. The number of carbonyl (C=O) groups excluding carboxylic acids is 1. The van der Waals surface area contributed by atoms with Crippen LogP contribution in [0.3, 0.4) is 0 Å². The topological polar surface area (TPSA) is 54.5 Å². The molecule has 0 saturated carbocycles. The molecule has 1 unspecified atom stereocenters. The van der Waals surface area contributed by atoms with Crippen molar-refractivity contribution in [3.8, 4) is 0 Å². The molecule has 0 aromatic carbocycles. The largest absolute Gasteiger partial charge is 0.298 e. The van der Waals surface area contributed by atoms with Crippen molar-refractivity contribution in [2.75, 3.05) is 24.6 Å². The predicted molar refractivity (Wildman–Crippen MR) is 80.2 cm³/mol. The van der Waals surface area contributed by atoms with E-state index in [1.165, 1.54) is 0 Å². The highest BCUT2D eigenvalue weighted by Crippen LogP contribution is 2.22. The van der Waals surface area contributed by atoms with Gasteiger partial charge in [0.2, 0.25) is 0 Å². The SMILES string of the molecule is CCN(CC)C(C)(CC)C(=O)CCCS(=O)(=O)CC. The molecule has 0 heterocycles. The van der Waals surface area contributed by atoms with E-state index < -0.39 is 15.4 Å². The van der Waals surface area contributed by atoms with E-state index in [0.717, 1.165) is 19.5 Å². The molecule has 0 aliphatic heterocycles. The monoisotopic (exact) mass is 291 g/mol. The van der Waals surface area contributed by atoms with Gasteiger partial charge in [-0.15, -0.1) is 0 Å². The van der Waals surface area contributed by atoms with Gasteiger partial charge in [-0.1, -0.05) is 27.7 Å². The van der Waals surface area contributed by atoms with Crippen LogP contribution < -0.4 is 0 Å². The zero-order chi connectivity index (χ0) is 15.1. The molecule has 4 nitrogen and oxygen atoms in total. The molecule has 1 atom stereocenters. The molecule has 0 fully saturated rings. The standard InChI is InChI=1S/C14H29NO3S/c1-6-14(5,15(7-2)8-3)13(16)11-10-12-19(17,18)9-4/h6-12H2,1-5H3. The van der Waals surface area contributed by atoms with Crippen LogP contribution in [0.15, 0.2) is 0 Å². The van der Waals surface area contributed by atoms with Gasteiger partial charge in [-0.3, -0.25) is 9.69 Å². The maximum absolute atomic E-state index is 12.4. The highest BCUT2D eigenvalue weighted by atomic mass is 32.2. The number of nitrogens with zero attached hydrogens (tertiary/aromatic N) is 1. The summed E-state index contributed by atoms with van der Waals surface area (Å²) in [6.07, 6.45) is 1.54. The molecule has 0 saturated heterocycles. The van der Waals surface area contributed by atoms with Gasteiger partial charge in [-0.05, 0) is 32.9 Å². The summed E-state index contributed by atoms with van der Waals surface area (Å²) in [4.78, 5) is 14.5. The van der Waals surface area contributed by atoms with E-state index in [1.54, 1.807) is 6.92 Å². The molecular formula is C14H29NO3S. The molecule has 0 radical (unpaired) electrons. The van der Waals surface area contributed by atoms with Gasteiger partial charge in [-0.2, -0.15) is 0 Å². The molecule has 0 bridgehead atoms. The molecule has 0 aliphatic rings. The minimum atomic E-state index is -2.96. The Balaban J connectivity index is 4.61. The number of sulfone groups is 1. The Hall–Kier alpha value is -0.420. The smallest absolute Gasteiger partial charge is 0.152 e. The van der Waals surface area contributed by atoms with Crippen molar-refractivity contribution >= 4 is 15.6 Å². The number of hydrogen-bond donors (Lipinski definition) is 0. The molecule has 0 aromatic rings. The summed E-state index contributed by atoms with van der Waals surface area (Å²) in [5.74, 6) is 0.431. The van der Waals surface area contributed by atoms with Crippen LogP contribution in [0.25, 0.3) is 0 Å². The Bertz CT molecular complexity index is 374. The summed E-state index contributed by atoms with van der Waals surface area (Å²) in [7, 11) is -2.96. The van der Waals surface area contributed by atoms with E-state index in [0.29, 0.717) is 12.8 Å². The summed E-state index contributed by atoms with van der Waals surface area (Å²) in [6.45, 7) is 11.4. The van der Waals surface area contributed by atoms with Crippen LogP contribution in [-0.4, -0.2) is 49.2 Å². The van der Waals surface area contributed by atoms with Crippen molar-refractivity contribution in [1.82, 2.24) is 4.90 Å². The summed E-state index contributed by atoms with van der Waals surface area (Å²) in [5, 5.41) is 0. The van der Waals surface area contributed by atoms with E-state index in [1.807, 2.05) is 27.7 Å². The summed E-state index contributed by atoms with van der Waals surface area (Å²) >= 11 is 0. The van der Waals surface area contributed by atoms with Crippen molar-refractivity contribution < 1.29 is 13.2 Å². The Labute approximate surface area is 118 Å². The lowest BCUT2D eigenvalue weighted by Crippen LogP contribution is -2.51. The third-order valence-electron chi connectivity index (χ3n) is 4.05. The molecule has 0 spiro atoms. The molecule has 19 heavy (non-hydrogen) atoms. The summed E-state index contributed by atoms with van der Waals surface area (Å²) < 4.78 is 22.8. The quantitative estimate of drug-likeness (QED) is 0.619. The number of carbonyl (C=O) groups is 1. The van der Waals surface area contributed by atoms with Gasteiger partial charge >= 0.3 is 0 Å². The van der Waals surface area contributed by atoms with Crippen LogP contribution in [0.2, 0.25) is 0 Å². The molecule has 5 heteroatoms. The lowest BCUT2D eigenvalue weighted by Gasteiger charge is -2.38. The number of likely N-dealkylation sites (N-methyl/N-ethyl adjacent to an activating group) is 1. The number of Topliss-reactive ketones (excluding diaryl/α,β-unsaturated/α-hetero) is 1. The second-order valence-electron chi connectivity index (χ2n) is 5.06. The van der Waals surface area contributed by atoms with E-state index in [2.05, 4.69) is 4.90 Å². The molecule has 0 rings (SSSR count). The molecule has 0 amide bonds. The Morgan fingerprint density at radius 3 is 2.00 bits per heavy atom. The fraction of sp³-hybridized carbons (Fsp3) is 0.929. The van der Waals surface area contributed by atoms with Crippen LogP contribution in [0, 0.1) is 0 Å². The Morgan fingerprint density at radius 2 is 1.63 bits per heavy atom. The van der Waals surface area contributed by atoms with Crippen LogP contribution in [-0.2, 0) is 14.6 Å². The zero-order valence-corrected chi connectivity index (χ0v) is 13.8. The minimum absolute atomic E-state index is 0.118. The van der Waals surface area contributed by atoms with Gasteiger partial charge in [-0.25, -0.2) is 8.42 Å². The second kappa shape index (κ2) is 8.00.